The van der Waals surface area contributed by atoms with Gasteiger partial charge in [-0.15, -0.1) is 0 Å². The summed E-state index contributed by atoms with van der Waals surface area (Å²) in [7, 11) is 0. The maximum absolute atomic E-state index is 11.9. The first kappa shape index (κ1) is 15.4. The van der Waals surface area contributed by atoms with Crippen molar-refractivity contribution < 1.29 is 19.0 Å². The minimum absolute atomic E-state index is 0.0980. The number of carbonyl (C=O) groups is 1. The van der Waals surface area contributed by atoms with Gasteiger partial charge in [0.2, 0.25) is 0 Å². The number of allylic oxidation sites excluding steroid dienone is 1. The van der Waals surface area contributed by atoms with Crippen LogP contribution in [0, 0.1) is 0 Å². The van der Waals surface area contributed by atoms with E-state index in [1.54, 1.807) is 0 Å². The molecule has 2 heterocycles. The number of hydrogen-bond donors (Lipinski definition) is 0. The summed E-state index contributed by atoms with van der Waals surface area (Å²) in [5, 5.41) is 0. The van der Waals surface area contributed by atoms with Crippen LogP contribution in [0.3, 0.4) is 0 Å². The molecule has 2 aliphatic rings. The summed E-state index contributed by atoms with van der Waals surface area (Å²) in [4.78, 5) is 11.9. The first-order valence-corrected chi connectivity index (χ1v) is 13.6. The number of hydrogen-bond acceptors (Lipinski definition) is 4. The van der Waals surface area contributed by atoms with Crippen LogP contribution in [0.5, 0.6) is 0 Å². The van der Waals surface area contributed by atoms with E-state index in [1.807, 2.05) is 13.8 Å². The van der Waals surface area contributed by atoms with E-state index in [0.717, 1.165) is 40.0 Å². The molecule has 106 valence electrons. The van der Waals surface area contributed by atoms with Crippen LogP contribution in [0.2, 0.25) is 4.18 Å². The summed E-state index contributed by atoms with van der Waals surface area (Å²) >= 11 is -2.07. The first-order valence-electron chi connectivity index (χ1n) is 7.30. The SMILES string of the molecule is CCOC(=O)[C]1=CC[CH2][In]1[CH2]OC1(C)CCCCO1. The zero-order valence-electron chi connectivity index (χ0n) is 11.9. The van der Waals surface area contributed by atoms with Gasteiger partial charge in [0, 0.05) is 0 Å². The Morgan fingerprint density at radius 2 is 2.37 bits per heavy atom. The van der Waals surface area contributed by atoms with Crippen LogP contribution in [0.4, 0.5) is 0 Å². The molecule has 1 atom stereocenters. The maximum atomic E-state index is 11.9. The Labute approximate surface area is 123 Å². The van der Waals surface area contributed by atoms with Gasteiger partial charge in [0.05, 0.1) is 0 Å². The second-order valence-electron chi connectivity index (χ2n) is 5.40. The van der Waals surface area contributed by atoms with Gasteiger partial charge in [-0.05, 0) is 0 Å². The molecule has 0 amide bonds. The van der Waals surface area contributed by atoms with Gasteiger partial charge in [0.15, 0.2) is 0 Å². The van der Waals surface area contributed by atoms with Gasteiger partial charge < -0.3 is 0 Å². The third-order valence-electron chi connectivity index (χ3n) is 3.85. The Hall–Kier alpha value is 0.000130. The third kappa shape index (κ3) is 4.23. The molecule has 0 bridgehead atoms. The molecule has 2 rings (SSSR count). The summed E-state index contributed by atoms with van der Waals surface area (Å²) in [6, 6.07) is 0. The Morgan fingerprint density at radius 3 is 3.05 bits per heavy atom. The van der Waals surface area contributed by atoms with Crippen molar-refractivity contribution in [3.63, 3.8) is 0 Å². The van der Waals surface area contributed by atoms with Gasteiger partial charge in [0.1, 0.15) is 0 Å². The van der Waals surface area contributed by atoms with Crippen molar-refractivity contribution in [3.8, 4) is 0 Å². The molecule has 0 aromatic rings. The number of esters is 1. The first-order chi connectivity index (χ1) is 9.14. The number of rotatable bonds is 5. The van der Waals surface area contributed by atoms with E-state index in [4.69, 9.17) is 14.2 Å². The van der Waals surface area contributed by atoms with Crippen LogP contribution in [-0.2, 0) is 19.0 Å². The van der Waals surface area contributed by atoms with Crippen LogP contribution in [0.1, 0.15) is 39.5 Å². The predicted molar refractivity (Wildman–Crippen MR) is 74.1 cm³/mol. The van der Waals surface area contributed by atoms with Crippen LogP contribution in [0.15, 0.2) is 9.41 Å². The summed E-state index contributed by atoms with van der Waals surface area (Å²) in [5.74, 6) is -0.517. The van der Waals surface area contributed by atoms with Crippen LogP contribution >= 0.6 is 0 Å². The Kier molecular flexibility index (Phi) is 5.78. The normalized spacial score (nSPS) is 27.3. The van der Waals surface area contributed by atoms with Crippen molar-refractivity contribution in [2.75, 3.05) is 17.6 Å². The third-order valence-corrected chi connectivity index (χ3v) is 12.3. The molecular weight excluding hydrogens is 347 g/mol. The van der Waals surface area contributed by atoms with Crippen LogP contribution in [-0.4, -0.2) is 50.8 Å². The summed E-state index contributed by atoms with van der Waals surface area (Å²) in [6.07, 6.45) is 6.35. The van der Waals surface area contributed by atoms with E-state index < -0.39 is 27.2 Å². The van der Waals surface area contributed by atoms with Crippen molar-refractivity contribution in [1.82, 2.24) is 0 Å². The Balaban J connectivity index is 1.85. The second kappa shape index (κ2) is 7.14. The molecule has 5 heteroatoms. The molecule has 0 spiro atoms. The quantitative estimate of drug-likeness (QED) is 0.698. The zero-order valence-corrected chi connectivity index (χ0v) is 15.2. The average Bonchev–Trinajstić information content (AvgIpc) is 2.86. The van der Waals surface area contributed by atoms with Gasteiger partial charge >= 0.3 is 123 Å². The number of carbonyl (C=O) groups excluding carboxylic acids is 1. The van der Waals surface area contributed by atoms with E-state index in [2.05, 4.69) is 6.08 Å². The topological polar surface area (TPSA) is 44.8 Å². The van der Waals surface area contributed by atoms with Crippen LogP contribution < -0.4 is 0 Å². The van der Waals surface area contributed by atoms with Crippen molar-refractivity contribution in [2.45, 2.75) is 49.5 Å². The molecule has 0 radical (unpaired) electrons. The molecule has 0 aliphatic carbocycles. The van der Waals surface area contributed by atoms with E-state index in [-0.39, 0.29) is 5.97 Å². The molecule has 1 unspecified atom stereocenters. The summed E-state index contributed by atoms with van der Waals surface area (Å²) < 4.78 is 19.8. The van der Waals surface area contributed by atoms with Crippen molar-refractivity contribution in [2.24, 2.45) is 0 Å². The van der Waals surface area contributed by atoms with Crippen LogP contribution in [0.25, 0.3) is 0 Å². The van der Waals surface area contributed by atoms with Gasteiger partial charge in [-0.1, -0.05) is 0 Å². The molecule has 0 N–H and O–H groups in total. The zero-order chi connectivity index (χ0) is 13.7. The molecule has 0 aromatic heterocycles. The van der Waals surface area contributed by atoms with E-state index in [9.17, 15) is 4.79 Å². The van der Waals surface area contributed by atoms with Gasteiger partial charge in [-0.25, -0.2) is 0 Å². The van der Waals surface area contributed by atoms with E-state index in [0.29, 0.717) is 6.61 Å². The Bertz CT molecular complexity index is 347. The molecular formula is C14H23InO4. The van der Waals surface area contributed by atoms with Gasteiger partial charge in [-0.2, -0.15) is 0 Å². The van der Waals surface area contributed by atoms with Gasteiger partial charge in [-0.3, -0.25) is 0 Å². The second-order valence-corrected chi connectivity index (χ2v) is 13.8. The summed E-state index contributed by atoms with van der Waals surface area (Å²) in [6.45, 7) is 5.12. The molecule has 19 heavy (non-hydrogen) atoms. The summed E-state index contributed by atoms with van der Waals surface area (Å²) in [5.41, 5.74) is 0. The fourth-order valence-corrected chi connectivity index (χ4v) is 10.4. The van der Waals surface area contributed by atoms with E-state index >= 15 is 0 Å². The molecule has 1 saturated heterocycles. The standard InChI is InChI=1S/C7H13O2.C7H10O2.In/c1-7(8-2)5-3-4-6-9-7;1-3-5-6-7(8)9-4-2;/h2-6H2,1H3;5H,1,3-4H2,2H3;. The fraction of sp³-hybridized carbons (Fsp3) is 0.786. The van der Waals surface area contributed by atoms with Crippen molar-refractivity contribution >= 4 is 27.4 Å². The Morgan fingerprint density at radius 1 is 1.53 bits per heavy atom. The monoisotopic (exact) mass is 370 g/mol. The fourth-order valence-electron chi connectivity index (χ4n) is 2.70. The van der Waals surface area contributed by atoms with E-state index in [1.165, 1.54) is 4.18 Å². The minimum atomic E-state index is -2.07. The van der Waals surface area contributed by atoms with Crippen molar-refractivity contribution in [1.29, 1.82) is 0 Å². The van der Waals surface area contributed by atoms with Gasteiger partial charge in [0.25, 0.3) is 0 Å². The average molecular weight is 370 g/mol. The molecule has 0 aromatic carbocycles. The molecule has 0 saturated carbocycles. The molecule has 1 fully saturated rings. The molecule has 2 aliphatic heterocycles. The number of ether oxygens (including phenoxy) is 3. The molecule has 4 nitrogen and oxygen atoms in total. The predicted octanol–water partition coefficient (Wildman–Crippen LogP) is 2.39. The van der Waals surface area contributed by atoms with Crippen molar-refractivity contribution in [3.05, 3.63) is 9.41 Å².